The van der Waals surface area contributed by atoms with Crippen molar-refractivity contribution in [1.29, 1.82) is 0 Å². The highest BCUT2D eigenvalue weighted by Gasteiger charge is 2.15. The molecule has 0 atom stereocenters. The van der Waals surface area contributed by atoms with Gasteiger partial charge in [0, 0.05) is 11.6 Å². The summed E-state index contributed by atoms with van der Waals surface area (Å²) in [5, 5.41) is 12.5. The standard InChI is InChI=1S/C15H12ClN5O2/c1-8(2)21-11-4-3-9(7-10(11)18-20-21)15-17-14(19-23-15)12-5-6-13(16)22-12/h3-8H,1-2H3. The topological polar surface area (TPSA) is 82.8 Å². The van der Waals surface area contributed by atoms with Gasteiger partial charge >= 0.3 is 0 Å². The molecule has 0 saturated heterocycles. The molecule has 8 heteroatoms. The number of halogens is 1. The van der Waals surface area contributed by atoms with Crippen LogP contribution >= 0.6 is 11.6 Å². The van der Waals surface area contributed by atoms with Crippen LogP contribution in [0.3, 0.4) is 0 Å². The summed E-state index contributed by atoms with van der Waals surface area (Å²) in [5.41, 5.74) is 2.50. The SMILES string of the molecule is CC(C)n1nnc2cc(-c3nc(-c4ccc(Cl)o4)no3)ccc21. The van der Waals surface area contributed by atoms with E-state index in [2.05, 4.69) is 34.3 Å². The van der Waals surface area contributed by atoms with Gasteiger partial charge in [0.15, 0.2) is 11.0 Å². The molecular formula is C15H12ClN5O2. The molecule has 116 valence electrons. The van der Waals surface area contributed by atoms with Gasteiger partial charge in [-0.3, -0.25) is 0 Å². The summed E-state index contributed by atoms with van der Waals surface area (Å²) < 4.78 is 12.4. The van der Waals surface area contributed by atoms with Crippen molar-refractivity contribution in [1.82, 2.24) is 25.1 Å². The van der Waals surface area contributed by atoms with Gasteiger partial charge in [-0.25, -0.2) is 4.68 Å². The maximum absolute atomic E-state index is 5.76. The number of rotatable bonds is 3. The summed E-state index contributed by atoms with van der Waals surface area (Å²) in [4.78, 5) is 4.33. The molecule has 0 N–H and O–H groups in total. The van der Waals surface area contributed by atoms with E-state index in [0.29, 0.717) is 17.5 Å². The van der Waals surface area contributed by atoms with E-state index in [1.165, 1.54) is 0 Å². The fraction of sp³-hybridized carbons (Fsp3) is 0.200. The molecule has 1 aromatic carbocycles. The first-order valence-electron chi connectivity index (χ1n) is 7.06. The van der Waals surface area contributed by atoms with Crippen molar-refractivity contribution >= 4 is 22.6 Å². The lowest BCUT2D eigenvalue weighted by molar-refractivity contribution is 0.429. The van der Waals surface area contributed by atoms with Crippen LogP contribution in [-0.2, 0) is 0 Å². The Bertz CT molecular complexity index is 985. The number of furan rings is 1. The van der Waals surface area contributed by atoms with Crippen LogP contribution in [0.5, 0.6) is 0 Å². The molecule has 0 aliphatic heterocycles. The highest BCUT2D eigenvalue weighted by atomic mass is 35.5. The summed E-state index contributed by atoms with van der Waals surface area (Å²) in [6.45, 7) is 4.11. The van der Waals surface area contributed by atoms with E-state index in [0.717, 1.165) is 16.6 Å². The van der Waals surface area contributed by atoms with Crippen molar-refractivity contribution in [3.8, 4) is 23.0 Å². The summed E-state index contributed by atoms with van der Waals surface area (Å²) in [7, 11) is 0. The molecule has 0 bridgehead atoms. The average molecular weight is 330 g/mol. The Hall–Kier alpha value is -2.67. The zero-order valence-corrected chi connectivity index (χ0v) is 13.2. The monoisotopic (exact) mass is 329 g/mol. The number of aromatic nitrogens is 5. The summed E-state index contributed by atoms with van der Waals surface area (Å²) in [6, 6.07) is 9.27. The summed E-state index contributed by atoms with van der Waals surface area (Å²) in [5.74, 6) is 1.18. The molecule has 3 aromatic heterocycles. The normalized spacial score (nSPS) is 11.7. The van der Waals surface area contributed by atoms with Crippen molar-refractivity contribution in [3.63, 3.8) is 0 Å². The van der Waals surface area contributed by atoms with Crippen LogP contribution < -0.4 is 0 Å². The van der Waals surface area contributed by atoms with E-state index in [1.54, 1.807) is 12.1 Å². The summed E-state index contributed by atoms with van der Waals surface area (Å²) >= 11 is 5.76. The van der Waals surface area contributed by atoms with Gasteiger partial charge in [0.1, 0.15) is 5.52 Å². The van der Waals surface area contributed by atoms with Gasteiger partial charge < -0.3 is 8.94 Å². The second kappa shape index (κ2) is 5.20. The van der Waals surface area contributed by atoms with Crippen LogP contribution in [0.2, 0.25) is 5.22 Å². The van der Waals surface area contributed by atoms with Gasteiger partial charge in [-0.15, -0.1) is 5.10 Å². The van der Waals surface area contributed by atoms with Crippen LogP contribution in [0, 0.1) is 0 Å². The van der Waals surface area contributed by atoms with E-state index >= 15 is 0 Å². The Labute approximate surface area is 135 Å². The lowest BCUT2D eigenvalue weighted by Gasteiger charge is -2.04. The minimum atomic E-state index is 0.240. The van der Waals surface area contributed by atoms with E-state index in [9.17, 15) is 0 Å². The van der Waals surface area contributed by atoms with Crippen LogP contribution in [0.15, 0.2) is 39.3 Å². The third kappa shape index (κ3) is 2.39. The molecule has 0 aliphatic rings. The molecular weight excluding hydrogens is 318 g/mol. The number of nitrogens with zero attached hydrogens (tertiary/aromatic N) is 5. The predicted octanol–water partition coefficient (Wildman–Crippen LogP) is 3.98. The zero-order chi connectivity index (χ0) is 16.0. The number of fused-ring (bicyclic) bond motifs is 1. The Morgan fingerprint density at radius 1 is 1.17 bits per heavy atom. The van der Waals surface area contributed by atoms with Crippen molar-refractivity contribution in [2.45, 2.75) is 19.9 Å². The van der Waals surface area contributed by atoms with Crippen molar-refractivity contribution < 1.29 is 8.94 Å². The van der Waals surface area contributed by atoms with Crippen LogP contribution in [0.1, 0.15) is 19.9 Å². The van der Waals surface area contributed by atoms with E-state index in [1.807, 2.05) is 22.9 Å². The largest absolute Gasteiger partial charge is 0.441 e. The Morgan fingerprint density at radius 3 is 2.78 bits per heavy atom. The number of hydrogen-bond acceptors (Lipinski definition) is 6. The first kappa shape index (κ1) is 14.0. The van der Waals surface area contributed by atoms with Gasteiger partial charge in [-0.2, -0.15) is 4.98 Å². The maximum atomic E-state index is 5.76. The highest BCUT2D eigenvalue weighted by Crippen LogP contribution is 2.27. The molecule has 0 fully saturated rings. The van der Waals surface area contributed by atoms with E-state index < -0.39 is 0 Å². The molecule has 3 heterocycles. The average Bonchev–Trinajstić information content (AvgIpc) is 3.24. The molecule has 0 aliphatic carbocycles. The third-order valence-electron chi connectivity index (χ3n) is 3.43. The third-order valence-corrected chi connectivity index (χ3v) is 3.63. The zero-order valence-electron chi connectivity index (χ0n) is 12.4. The number of hydrogen-bond donors (Lipinski definition) is 0. The minimum Gasteiger partial charge on any atom is -0.441 e. The van der Waals surface area contributed by atoms with Gasteiger partial charge in [0.2, 0.25) is 5.82 Å². The smallest absolute Gasteiger partial charge is 0.258 e. The molecule has 0 unspecified atom stereocenters. The molecule has 23 heavy (non-hydrogen) atoms. The van der Waals surface area contributed by atoms with Gasteiger partial charge in [-0.1, -0.05) is 10.4 Å². The second-order valence-corrected chi connectivity index (χ2v) is 5.73. The van der Waals surface area contributed by atoms with Crippen molar-refractivity contribution in [2.24, 2.45) is 0 Å². The van der Waals surface area contributed by atoms with Crippen molar-refractivity contribution in [3.05, 3.63) is 35.6 Å². The van der Waals surface area contributed by atoms with Crippen LogP contribution in [0.25, 0.3) is 34.1 Å². The van der Waals surface area contributed by atoms with Gasteiger partial charge in [0.25, 0.3) is 5.89 Å². The number of benzene rings is 1. The Morgan fingerprint density at radius 2 is 2.04 bits per heavy atom. The van der Waals surface area contributed by atoms with Crippen LogP contribution in [-0.4, -0.2) is 25.1 Å². The van der Waals surface area contributed by atoms with Gasteiger partial charge in [0.05, 0.1) is 5.52 Å². The van der Waals surface area contributed by atoms with Crippen molar-refractivity contribution in [2.75, 3.05) is 0 Å². The summed E-state index contributed by atoms with van der Waals surface area (Å²) in [6.07, 6.45) is 0. The molecule has 4 aromatic rings. The Kier molecular flexibility index (Phi) is 3.16. The molecule has 0 saturated carbocycles. The van der Waals surface area contributed by atoms with E-state index in [4.69, 9.17) is 20.5 Å². The molecule has 7 nitrogen and oxygen atoms in total. The fourth-order valence-electron chi connectivity index (χ4n) is 2.33. The lowest BCUT2D eigenvalue weighted by Crippen LogP contribution is -2.02. The molecule has 0 amide bonds. The fourth-order valence-corrected chi connectivity index (χ4v) is 2.48. The van der Waals surface area contributed by atoms with E-state index in [-0.39, 0.29) is 11.3 Å². The lowest BCUT2D eigenvalue weighted by atomic mass is 10.2. The van der Waals surface area contributed by atoms with Gasteiger partial charge in [-0.05, 0) is 55.8 Å². The molecule has 0 radical (unpaired) electrons. The van der Waals surface area contributed by atoms with Crippen LogP contribution in [0.4, 0.5) is 0 Å². The predicted molar refractivity (Wildman–Crippen MR) is 83.9 cm³/mol. The highest BCUT2D eigenvalue weighted by molar-refractivity contribution is 6.28. The molecule has 0 spiro atoms. The Balaban J connectivity index is 1.73. The second-order valence-electron chi connectivity index (χ2n) is 5.36. The molecule has 4 rings (SSSR count). The first-order chi connectivity index (χ1) is 11.1. The first-order valence-corrected chi connectivity index (χ1v) is 7.44. The maximum Gasteiger partial charge on any atom is 0.258 e. The quantitative estimate of drug-likeness (QED) is 0.565. The minimum absolute atomic E-state index is 0.240.